The minimum absolute atomic E-state index is 0.00855. The highest BCUT2D eigenvalue weighted by atomic mass is 35.6. The number of thioether (sulfide) groups is 1. The predicted octanol–water partition coefficient (Wildman–Crippen LogP) is 4.69. The van der Waals surface area contributed by atoms with Crippen molar-refractivity contribution in [3.05, 3.63) is 47.2 Å². The summed E-state index contributed by atoms with van der Waals surface area (Å²) in [5.41, 5.74) is 0.918. The Labute approximate surface area is 258 Å². The molecule has 10 nitrogen and oxygen atoms in total. The van der Waals surface area contributed by atoms with Gasteiger partial charge in [-0.25, -0.2) is 14.7 Å². The van der Waals surface area contributed by atoms with Gasteiger partial charge in [0.05, 0.1) is 7.11 Å². The number of carbonyl (C=O) groups is 4. The minimum Gasteiger partial charge on any atom is -0.456 e. The van der Waals surface area contributed by atoms with Crippen LogP contribution in [0.3, 0.4) is 0 Å². The van der Waals surface area contributed by atoms with Gasteiger partial charge >= 0.3 is 12.1 Å². The summed E-state index contributed by atoms with van der Waals surface area (Å²) in [7, 11) is 1.20. The zero-order valence-electron chi connectivity index (χ0n) is 20.2. The highest BCUT2D eigenvalue weighted by Crippen LogP contribution is 2.43. The third kappa shape index (κ3) is 8.13. The van der Waals surface area contributed by atoms with Crippen molar-refractivity contribution in [3.8, 4) is 0 Å². The molecule has 2 aliphatic heterocycles. The Kier molecular flexibility index (Phi) is 10.8. The van der Waals surface area contributed by atoms with E-state index in [0.29, 0.717) is 16.9 Å². The Morgan fingerprint density at radius 1 is 1.08 bits per heavy atom. The molecular formula is C22H21Cl6N3O7S. The maximum Gasteiger partial charge on any atom is 0.408 e. The lowest BCUT2D eigenvalue weighted by Gasteiger charge is -2.52. The molecule has 0 bridgehead atoms. The first-order valence-corrected chi connectivity index (χ1v) is 14.3. The molecule has 1 N–H and O–H groups in total. The molecule has 1 aromatic carbocycles. The average molecular weight is 684 g/mol. The van der Waals surface area contributed by atoms with Crippen LogP contribution >= 0.6 is 81.4 Å². The lowest BCUT2D eigenvalue weighted by Crippen LogP contribution is -2.71. The molecule has 1 fully saturated rings. The molecule has 39 heavy (non-hydrogen) atoms. The van der Waals surface area contributed by atoms with E-state index in [1.54, 1.807) is 37.3 Å². The molecule has 0 spiro atoms. The number of nitrogens with zero attached hydrogens (tertiary/aromatic N) is 2. The van der Waals surface area contributed by atoms with Gasteiger partial charge < -0.3 is 14.8 Å². The van der Waals surface area contributed by atoms with Crippen LogP contribution in [0, 0.1) is 0 Å². The Morgan fingerprint density at radius 2 is 1.67 bits per heavy atom. The predicted molar refractivity (Wildman–Crippen MR) is 149 cm³/mol. The van der Waals surface area contributed by atoms with E-state index in [2.05, 4.69) is 5.32 Å². The summed E-state index contributed by atoms with van der Waals surface area (Å²) in [4.78, 5) is 58.7. The number of β-lactam (4-membered cyclic amide) rings is 1. The molecule has 2 heterocycles. The Bertz CT molecular complexity index is 1150. The highest BCUT2D eigenvalue weighted by Gasteiger charge is 2.58. The van der Waals surface area contributed by atoms with Crippen LogP contribution in [0.4, 0.5) is 4.79 Å². The second-order valence-corrected chi connectivity index (χ2v) is 14.3. The molecule has 214 valence electrons. The van der Waals surface area contributed by atoms with Crippen LogP contribution in [0.5, 0.6) is 0 Å². The summed E-state index contributed by atoms with van der Waals surface area (Å²) >= 11 is 35.2. The van der Waals surface area contributed by atoms with Gasteiger partial charge in [-0.1, -0.05) is 99.9 Å². The van der Waals surface area contributed by atoms with Gasteiger partial charge in [0.2, 0.25) is 7.59 Å². The molecule has 1 aromatic rings. The van der Waals surface area contributed by atoms with Crippen molar-refractivity contribution >= 4 is 105 Å². The van der Waals surface area contributed by atoms with Gasteiger partial charge in [-0.15, -0.1) is 11.8 Å². The molecule has 0 saturated carbocycles. The summed E-state index contributed by atoms with van der Waals surface area (Å²) < 4.78 is 6.27. The van der Waals surface area contributed by atoms with Gasteiger partial charge in [0.1, 0.15) is 30.3 Å². The fourth-order valence-electron chi connectivity index (χ4n) is 3.75. The number of carbonyl (C=O) groups excluding carboxylic acids is 4. The molecule has 0 radical (unpaired) electrons. The monoisotopic (exact) mass is 681 g/mol. The van der Waals surface area contributed by atoms with Crippen molar-refractivity contribution in [2.24, 2.45) is 0 Å². The first kappa shape index (κ1) is 32.2. The van der Waals surface area contributed by atoms with Crippen molar-refractivity contribution in [1.29, 1.82) is 0 Å². The molecule has 3 amide bonds. The van der Waals surface area contributed by atoms with Crippen LogP contribution in [0.25, 0.3) is 0 Å². The van der Waals surface area contributed by atoms with Gasteiger partial charge in [0, 0.05) is 5.75 Å². The topological polar surface area (TPSA) is 114 Å². The molecule has 0 aromatic heterocycles. The van der Waals surface area contributed by atoms with Gasteiger partial charge in [0.25, 0.3) is 11.8 Å². The Morgan fingerprint density at radius 3 is 2.23 bits per heavy atom. The molecule has 2 aliphatic rings. The Hall–Kier alpha value is -1.31. The highest BCUT2D eigenvalue weighted by molar-refractivity contribution is 8.00. The normalized spacial score (nSPS) is 20.0. The van der Waals surface area contributed by atoms with Crippen LogP contribution in [0.1, 0.15) is 18.5 Å². The summed E-state index contributed by atoms with van der Waals surface area (Å²) in [5.74, 6) is -1.92. The molecule has 2 unspecified atom stereocenters. The molecule has 3 atom stereocenters. The second-order valence-electron chi connectivity index (χ2n) is 8.20. The number of rotatable bonds is 8. The van der Waals surface area contributed by atoms with Gasteiger partial charge in [-0.2, -0.15) is 0 Å². The van der Waals surface area contributed by atoms with E-state index in [1.807, 2.05) is 0 Å². The van der Waals surface area contributed by atoms with Gasteiger partial charge in [0.15, 0.2) is 6.04 Å². The van der Waals surface area contributed by atoms with E-state index < -0.39 is 62.1 Å². The zero-order valence-corrected chi connectivity index (χ0v) is 25.5. The molecular weight excluding hydrogens is 663 g/mol. The number of alkyl carbamates (subject to hydrolysis) is 1. The van der Waals surface area contributed by atoms with Crippen LogP contribution in [0.2, 0.25) is 0 Å². The zero-order chi connectivity index (χ0) is 29.1. The number of hydrogen-bond acceptors (Lipinski definition) is 8. The number of hydrogen-bond donors (Lipinski definition) is 1. The molecule has 3 rings (SSSR count). The number of alkyl halides is 6. The lowest BCUT2D eigenvalue weighted by molar-refractivity contribution is -0.210. The second kappa shape index (κ2) is 13.1. The summed E-state index contributed by atoms with van der Waals surface area (Å²) in [6.45, 7) is 0.552. The van der Waals surface area contributed by atoms with E-state index in [9.17, 15) is 19.2 Å². The van der Waals surface area contributed by atoms with Crippen molar-refractivity contribution in [2.75, 3.05) is 26.1 Å². The average Bonchev–Trinajstić information content (AvgIpc) is 2.86. The van der Waals surface area contributed by atoms with E-state index in [0.717, 1.165) is 5.06 Å². The summed E-state index contributed by atoms with van der Waals surface area (Å²) in [6, 6.07) is 5.71. The van der Waals surface area contributed by atoms with Gasteiger partial charge in [-0.05, 0) is 18.1 Å². The van der Waals surface area contributed by atoms with E-state index in [1.165, 1.54) is 23.8 Å². The van der Waals surface area contributed by atoms with Crippen LogP contribution in [0.15, 0.2) is 41.6 Å². The maximum atomic E-state index is 13.7. The van der Waals surface area contributed by atoms with Crippen LogP contribution in [-0.2, 0) is 28.7 Å². The van der Waals surface area contributed by atoms with Crippen LogP contribution in [-0.4, -0.2) is 78.9 Å². The van der Waals surface area contributed by atoms with Crippen molar-refractivity contribution in [1.82, 2.24) is 15.3 Å². The van der Waals surface area contributed by atoms with E-state index in [4.69, 9.17) is 83.9 Å². The molecule has 17 heteroatoms. The van der Waals surface area contributed by atoms with Crippen LogP contribution < -0.4 is 5.32 Å². The smallest absolute Gasteiger partial charge is 0.408 e. The number of benzene rings is 1. The number of halogens is 6. The van der Waals surface area contributed by atoms with E-state index in [-0.39, 0.29) is 5.70 Å². The standard InChI is InChI=1S/C22H21Cl6N3O7S/c1-11-8-39-18-15(17(33)30(18)14(11)19(34)37-9-21(23,24)25)31(36-2)16(32)13(12-6-4-3-5-7-12)29-20(35)38-10-22(26,27)28/h3-7,13,15,18H,8-10H2,1-2H3,(H,29,35)/t13?,15?,18-/m1/s1. The van der Waals surface area contributed by atoms with E-state index >= 15 is 0 Å². The maximum absolute atomic E-state index is 13.7. The largest absolute Gasteiger partial charge is 0.456 e. The van der Waals surface area contributed by atoms with Crippen molar-refractivity contribution in [3.63, 3.8) is 0 Å². The lowest BCUT2D eigenvalue weighted by atomic mass is 10.0. The number of esters is 1. The number of hydroxylamine groups is 2. The fraction of sp³-hybridized carbons (Fsp3) is 0.455. The Balaban J connectivity index is 1.82. The molecule has 1 saturated heterocycles. The number of fused-ring (bicyclic) bond motifs is 1. The number of amides is 3. The third-order valence-corrected chi connectivity index (χ3v) is 7.43. The first-order chi connectivity index (χ1) is 18.1. The third-order valence-electron chi connectivity index (χ3n) is 5.37. The quantitative estimate of drug-likeness (QED) is 0.182. The first-order valence-electron chi connectivity index (χ1n) is 10.9. The summed E-state index contributed by atoms with van der Waals surface area (Å²) in [5, 5.41) is 2.56. The molecule has 0 aliphatic carbocycles. The van der Waals surface area contributed by atoms with Crippen molar-refractivity contribution in [2.45, 2.75) is 32.0 Å². The number of ether oxygens (including phenoxy) is 2. The SMILES string of the molecule is CON(C(=O)C(NC(=O)OCC(Cl)(Cl)Cl)c1ccccc1)C1C(=O)N2C(C(=O)OCC(Cl)(Cl)Cl)=C(C)CS[C@H]12. The number of nitrogens with one attached hydrogen (secondary N) is 1. The van der Waals surface area contributed by atoms with Crippen molar-refractivity contribution < 1.29 is 33.5 Å². The fourth-order valence-corrected chi connectivity index (χ4v) is 5.40. The van der Waals surface area contributed by atoms with Gasteiger partial charge in [-0.3, -0.25) is 19.3 Å². The summed E-state index contributed by atoms with van der Waals surface area (Å²) in [6.07, 6.45) is -1.05. The minimum atomic E-state index is -1.87.